The fourth-order valence-electron chi connectivity index (χ4n) is 8.54. The molecule has 1 spiro atoms. The van der Waals surface area contributed by atoms with Crippen LogP contribution in [-0.4, -0.2) is 60.9 Å². The standard InChI is InChI=1S/C38H44NO6/c40-35(28-20-24-42-25-21-28)44-36(29-12-4-1-5-13-29)45-38(30-14-6-2-7-15-30,31-16-8-3-9-17-31)37(41)43-34-26-32-18-19-33(27-34)39(32)22-10-11-23-39/h1-9,12-17,28,32-34,36H,10-11,18-27H2/q+1. The average molecular weight is 611 g/mol. The number of piperidine rings is 1. The van der Waals surface area contributed by atoms with Crippen molar-refractivity contribution in [2.24, 2.45) is 5.92 Å². The summed E-state index contributed by atoms with van der Waals surface area (Å²) in [5, 5.41) is 0. The summed E-state index contributed by atoms with van der Waals surface area (Å²) in [6.45, 7) is 3.55. The molecule has 4 heterocycles. The van der Waals surface area contributed by atoms with Crippen molar-refractivity contribution in [2.45, 2.75) is 81.4 Å². The highest BCUT2D eigenvalue weighted by molar-refractivity contribution is 5.86. The van der Waals surface area contributed by atoms with Crippen LogP contribution in [0.2, 0.25) is 0 Å². The molecule has 4 saturated heterocycles. The van der Waals surface area contributed by atoms with Crippen molar-refractivity contribution in [1.29, 1.82) is 0 Å². The Morgan fingerprint density at radius 3 is 1.82 bits per heavy atom. The molecule has 3 aromatic carbocycles. The zero-order valence-corrected chi connectivity index (χ0v) is 25.9. The number of hydrogen-bond acceptors (Lipinski definition) is 6. The third kappa shape index (κ3) is 5.82. The molecule has 0 saturated carbocycles. The summed E-state index contributed by atoms with van der Waals surface area (Å²) in [5.41, 5.74) is 0.241. The average Bonchev–Trinajstić information content (AvgIpc) is 3.64. The van der Waals surface area contributed by atoms with Crippen LogP contribution in [0.5, 0.6) is 0 Å². The molecule has 7 nitrogen and oxygen atoms in total. The van der Waals surface area contributed by atoms with Crippen LogP contribution in [0.15, 0.2) is 91.0 Å². The van der Waals surface area contributed by atoms with Crippen molar-refractivity contribution in [3.05, 3.63) is 108 Å². The number of nitrogens with zero attached hydrogens (tertiary/aromatic N) is 1. The van der Waals surface area contributed by atoms with Gasteiger partial charge in [0.1, 0.15) is 6.10 Å². The molecule has 3 aromatic rings. The number of quaternary nitrogens is 1. The van der Waals surface area contributed by atoms with E-state index in [0.29, 0.717) is 54.8 Å². The van der Waals surface area contributed by atoms with Crippen LogP contribution >= 0.6 is 0 Å². The van der Waals surface area contributed by atoms with Crippen molar-refractivity contribution in [1.82, 2.24) is 0 Å². The van der Waals surface area contributed by atoms with Gasteiger partial charge in [-0.2, -0.15) is 0 Å². The van der Waals surface area contributed by atoms with E-state index in [-0.39, 0.29) is 18.0 Å². The van der Waals surface area contributed by atoms with Crippen LogP contribution in [0, 0.1) is 5.92 Å². The molecule has 0 N–H and O–H groups in total. The van der Waals surface area contributed by atoms with E-state index in [9.17, 15) is 9.59 Å². The van der Waals surface area contributed by atoms with Gasteiger partial charge in [0.15, 0.2) is 0 Å². The second-order valence-corrected chi connectivity index (χ2v) is 13.2. The minimum absolute atomic E-state index is 0.185. The van der Waals surface area contributed by atoms with Gasteiger partial charge in [-0.15, -0.1) is 0 Å². The first-order chi connectivity index (χ1) is 22.1. The molecule has 0 radical (unpaired) electrons. The highest BCUT2D eigenvalue weighted by Crippen LogP contribution is 2.47. The lowest BCUT2D eigenvalue weighted by atomic mass is 9.85. The molecular weight excluding hydrogens is 566 g/mol. The van der Waals surface area contributed by atoms with Gasteiger partial charge in [0.2, 0.25) is 11.9 Å². The predicted octanol–water partition coefficient (Wildman–Crippen LogP) is 6.46. The van der Waals surface area contributed by atoms with E-state index in [2.05, 4.69) is 0 Å². The Morgan fingerprint density at radius 2 is 1.27 bits per heavy atom. The van der Waals surface area contributed by atoms with Crippen LogP contribution in [0.25, 0.3) is 0 Å². The summed E-state index contributed by atoms with van der Waals surface area (Å²) >= 11 is 0. The zero-order chi connectivity index (χ0) is 30.7. The molecule has 4 aliphatic heterocycles. The molecule has 45 heavy (non-hydrogen) atoms. The lowest BCUT2D eigenvalue weighted by Gasteiger charge is -2.47. The Labute approximate surface area is 266 Å². The van der Waals surface area contributed by atoms with Crippen molar-refractivity contribution in [2.75, 3.05) is 26.3 Å². The third-order valence-electron chi connectivity index (χ3n) is 10.8. The van der Waals surface area contributed by atoms with Gasteiger partial charge in [0, 0.05) is 57.3 Å². The number of carbonyl (C=O) groups is 2. The normalized spacial score (nSPS) is 25.1. The minimum atomic E-state index is -1.67. The molecule has 7 rings (SSSR count). The van der Waals surface area contributed by atoms with Crippen LogP contribution < -0.4 is 0 Å². The molecular formula is C38H44NO6+. The maximum atomic E-state index is 14.9. The van der Waals surface area contributed by atoms with Gasteiger partial charge in [-0.25, -0.2) is 4.79 Å². The van der Waals surface area contributed by atoms with Crippen molar-refractivity contribution in [3.63, 3.8) is 0 Å². The first kappa shape index (κ1) is 30.2. The Morgan fingerprint density at radius 1 is 0.733 bits per heavy atom. The third-order valence-corrected chi connectivity index (χ3v) is 10.8. The van der Waals surface area contributed by atoms with E-state index in [0.717, 1.165) is 12.8 Å². The van der Waals surface area contributed by atoms with E-state index >= 15 is 0 Å². The van der Waals surface area contributed by atoms with Gasteiger partial charge in [0.25, 0.3) is 0 Å². The number of benzene rings is 3. The van der Waals surface area contributed by atoms with Crippen molar-refractivity contribution < 1.29 is 33.0 Å². The first-order valence-electron chi connectivity index (χ1n) is 16.8. The lowest BCUT2D eigenvalue weighted by Crippen LogP contribution is -2.60. The van der Waals surface area contributed by atoms with Crippen LogP contribution in [0.4, 0.5) is 0 Å². The zero-order valence-electron chi connectivity index (χ0n) is 25.9. The van der Waals surface area contributed by atoms with Crippen LogP contribution in [0.3, 0.4) is 0 Å². The summed E-state index contributed by atoms with van der Waals surface area (Å²) in [7, 11) is 0. The molecule has 4 fully saturated rings. The van der Waals surface area contributed by atoms with E-state index in [1.54, 1.807) is 0 Å². The number of ether oxygens (including phenoxy) is 4. The van der Waals surface area contributed by atoms with Gasteiger partial charge < -0.3 is 23.4 Å². The maximum Gasteiger partial charge on any atom is 0.348 e. The molecule has 3 atom stereocenters. The highest BCUT2D eigenvalue weighted by Gasteiger charge is 2.57. The molecule has 4 aliphatic rings. The largest absolute Gasteiger partial charge is 0.459 e. The summed E-state index contributed by atoms with van der Waals surface area (Å²) in [5.74, 6) is -1.11. The number of esters is 2. The number of hydrogen-bond donors (Lipinski definition) is 0. The molecule has 2 bridgehead atoms. The minimum Gasteiger partial charge on any atom is -0.459 e. The predicted molar refractivity (Wildman–Crippen MR) is 169 cm³/mol. The van der Waals surface area contributed by atoms with E-state index in [1.165, 1.54) is 43.3 Å². The smallest absolute Gasteiger partial charge is 0.348 e. The SMILES string of the molecule is O=C(OC(OC(C(=O)OC1CC2CCC(C1)[N+]21CCCC1)(c1ccccc1)c1ccccc1)c1ccccc1)C1CCOCC1. The summed E-state index contributed by atoms with van der Waals surface area (Å²) in [6.07, 6.45) is 6.61. The van der Waals surface area contributed by atoms with Crippen molar-refractivity contribution >= 4 is 11.9 Å². The fraction of sp³-hybridized carbons (Fsp3) is 0.474. The van der Waals surface area contributed by atoms with E-state index in [1.807, 2.05) is 91.0 Å². The summed E-state index contributed by atoms with van der Waals surface area (Å²) in [6, 6.07) is 29.5. The van der Waals surface area contributed by atoms with Gasteiger partial charge in [-0.3, -0.25) is 4.79 Å². The quantitative estimate of drug-likeness (QED) is 0.157. The van der Waals surface area contributed by atoms with Gasteiger partial charge >= 0.3 is 11.9 Å². The Kier molecular flexibility index (Phi) is 8.76. The first-order valence-corrected chi connectivity index (χ1v) is 16.8. The van der Waals surface area contributed by atoms with Crippen LogP contribution in [-0.2, 0) is 34.1 Å². The topological polar surface area (TPSA) is 71.1 Å². The van der Waals surface area contributed by atoms with Crippen molar-refractivity contribution in [3.8, 4) is 0 Å². The Balaban J connectivity index is 1.25. The second kappa shape index (κ2) is 13.1. The highest BCUT2D eigenvalue weighted by atomic mass is 16.7. The molecule has 236 valence electrons. The maximum absolute atomic E-state index is 14.9. The number of rotatable bonds is 9. The van der Waals surface area contributed by atoms with Gasteiger partial charge in [0.05, 0.1) is 31.1 Å². The lowest BCUT2D eigenvalue weighted by molar-refractivity contribution is -0.956. The fourth-order valence-corrected chi connectivity index (χ4v) is 8.54. The molecule has 0 amide bonds. The monoisotopic (exact) mass is 610 g/mol. The molecule has 0 aromatic heterocycles. The van der Waals surface area contributed by atoms with Gasteiger partial charge in [-0.05, 0) is 24.0 Å². The van der Waals surface area contributed by atoms with E-state index < -0.39 is 17.9 Å². The second-order valence-electron chi connectivity index (χ2n) is 13.2. The van der Waals surface area contributed by atoms with Crippen LogP contribution in [0.1, 0.15) is 74.3 Å². The van der Waals surface area contributed by atoms with Gasteiger partial charge in [-0.1, -0.05) is 91.0 Å². The van der Waals surface area contributed by atoms with E-state index in [4.69, 9.17) is 18.9 Å². The Bertz CT molecular complexity index is 1380. The number of carbonyl (C=O) groups excluding carboxylic acids is 2. The molecule has 7 heteroatoms. The Hall–Kier alpha value is -3.52. The summed E-state index contributed by atoms with van der Waals surface area (Å²) in [4.78, 5) is 28.5. The molecule has 3 unspecified atom stereocenters. The summed E-state index contributed by atoms with van der Waals surface area (Å²) < 4.78 is 26.5. The molecule has 0 aliphatic carbocycles.